The van der Waals surface area contributed by atoms with Crippen LogP contribution in [-0.2, 0) is 0 Å². The summed E-state index contributed by atoms with van der Waals surface area (Å²) in [7, 11) is 0. The minimum Gasteiger partial charge on any atom is -0.382 e. The predicted octanol–water partition coefficient (Wildman–Crippen LogP) is 3.59. The van der Waals surface area contributed by atoms with Crippen molar-refractivity contribution >= 4 is 5.69 Å². The number of rotatable bonds is 3. The third kappa shape index (κ3) is 3.22. The number of nitrogens with one attached hydrogen (secondary N) is 2. The summed E-state index contributed by atoms with van der Waals surface area (Å²) in [6, 6.07) is 9.42. The largest absolute Gasteiger partial charge is 0.382 e. The highest BCUT2D eigenvalue weighted by atomic mass is 15.0. The summed E-state index contributed by atoms with van der Waals surface area (Å²) < 4.78 is 0. The highest BCUT2D eigenvalue weighted by Gasteiger charge is 2.33. The van der Waals surface area contributed by atoms with Gasteiger partial charge in [-0.2, -0.15) is 5.26 Å². The molecule has 1 saturated heterocycles. The molecule has 1 aliphatic heterocycles. The second kappa shape index (κ2) is 6.49. The molecule has 0 aromatic heterocycles. The lowest BCUT2D eigenvalue weighted by atomic mass is 9.79. The minimum atomic E-state index is 0.544. The maximum absolute atomic E-state index is 9.10. The van der Waals surface area contributed by atoms with E-state index in [9.17, 15) is 0 Å². The van der Waals surface area contributed by atoms with E-state index >= 15 is 0 Å². The first-order valence-electron chi connectivity index (χ1n) is 8.28. The van der Waals surface area contributed by atoms with E-state index in [0.29, 0.717) is 12.1 Å². The molecule has 0 bridgehead atoms. The summed E-state index contributed by atoms with van der Waals surface area (Å²) in [5, 5.41) is 16.5. The zero-order valence-corrected chi connectivity index (χ0v) is 12.9. The third-order valence-electron chi connectivity index (χ3n) is 5.14. The van der Waals surface area contributed by atoms with Crippen molar-refractivity contribution in [2.75, 3.05) is 11.9 Å². The SMILES string of the molecule is Cc1ccc(C#N)cc1NC1CCCCC1C1CCCN1. The number of aryl methyl sites for hydroxylation is 1. The molecule has 2 N–H and O–H groups in total. The average molecular weight is 283 g/mol. The Bertz CT molecular complexity index is 526. The van der Waals surface area contributed by atoms with Gasteiger partial charge in [0.25, 0.3) is 0 Å². The van der Waals surface area contributed by atoms with Crippen molar-refractivity contribution in [2.45, 2.75) is 57.5 Å². The molecule has 1 heterocycles. The summed E-state index contributed by atoms with van der Waals surface area (Å²) in [4.78, 5) is 0. The molecular formula is C18H25N3. The van der Waals surface area contributed by atoms with Gasteiger partial charge in [0.05, 0.1) is 11.6 Å². The van der Waals surface area contributed by atoms with E-state index < -0.39 is 0 Å². The van der Waals surface area contributed by atoms with Gasteiger partial charge in [-0.1, -0.05) is 18.9 Å². The van der Waals surface area contributed by atoms with E-state index in [2.05, 4.69) is 23.6 Å². The van der Waals surface area contributed by atoms with Crippen LogP contribution in [0.25, 0.3) is 0 Å². The first kappa shape index (κ1) is 14.4. The van der Waals surface area contributed by atoms with Crippen molar-refractivity contribution in [3.63, 3.8) is 0 Å². The molecule has 3 rings (SSSR count). The van der Waals surface area contributed by atoms with E-state index in [-0.39, 0.29) is 0 Å². The highest BCUT2D eigenvalue weighted by molar-refractivity contribution is 5.55. The number of hydrogen-bond donors (Lipinski definition) is 2. The Morgan fingerprint density at radius 2 is 2.05 bits per heavy atom. The van der Waals surface area contributed by atoms with Gasteiger partial charge in [0, 0.05) is 17.8 Å². The minimum absolute atomic E-state index is 0.544. The van der Waals surface area contributed by atoms with E-state index in [1.165, 1.54) is 50.6 Å². The van der Waals surface area contributed by atoms with Gasteiger partial charge in [-0.15, -0.1) is 0 Å². The van der Waals surface area contributed by atoms with E-state index in [0.717, 1.165) is 17.2 Å². The van der Waals surface area contributed by atoms with Crippen molar-refractivity contribution in [1.82, 2.24) is 5.32 Å². The van der Waals surface area contributed by atoms with Crippen LogP contribution in [0.2, 0.25) is 0 Å². The molecule has 1 aromatic carbocycles. The van der Waals surface area contributed by atoms with Gasteiger partial charge in [0.15, 0.2) is 0 Å². The topological polar surface area (TPSA) is 47.9 Å². The second-order valence-electron chi connectivity index (χ2n) is 6.54. The first-order chi connectivity index (χ1) is 10.3. The quantitative estimate of drug-likeness (QED) is 0.891. The van der Waals surface area contributed by atoms with Gasteiger partial charge in [0.1, 0.15) is 0 Å². The van der Waals surface area contributed by atoms with Crippen LogP contribution in [0, 0.1) is 24.2 Å². The lowest BCUT2D eigenvalue weighted by Crippen LogP contribution is -2.43. The normalized spacial score (nSPS) is 29.0. The molecule has 2 fully saturated rings. The van der Waals surface area contributed by atoms with Gasteiger partial charge in [-0.3, -0.25) is 0 Å². The summed E-state index contributed by atoms with van der Waals surface area (Å²) >= 11 is 0. The number of nitrogens with zero attached hydrogens (tertiary/aromatic N) is 1. The van der Waals surface area contributed by atoms with Crippen LogP contribution in [-0.4, -0.2) is 18.6 Å². The van der Waals surface area contributed by atoms with Crippen molar-refractivity contribution in [3.05, 3.63) is 29.3 Å². The van der Waals surface area contributed by atoms with Crippen LogP contribution in [0.15, 0.2) is 18.2 Å². The van der Waals surface area contributed by atoms with E-state index in [1.54, 1.807) is 0 Å². The first-order valence-corrected chi connectivity index (χ1v) is 8.28. The second-order valence-corrected chi connectivity index (χ2v) is 6.54. The molecule has 3 nitrogen and oxygen atoms in total. The van der Waals surface area contributed by atoms with Crippen LogP contribution in [0.1, 0.15) is 49.7 Å². The molecule has 3 heteroatoms. The molecule has 0 radical (unpaired) electrons. The lowest BCUT2D eigenvalue weighted by Gasteiger charge is -2.37. The summed E-state index contributed by atoms with van der Waals surface area (Å²) in [6.07, 6.45) is 7.89. The summed E-state index contributed by atoms with van der Waals surface area (Å²) in [5.74, 6) is 0.728. The summed E-state index contributed by atoms with van der Waals surface area (Å²) in [6.45, 7) is 3.30. The van der Waals surface area contributed by atoms with Crippen molar-refractivity contribution in [2.24, 2.45) is 5.92 Å². The zero-order chi connectivity index (χ0) is 14.7. The van der Waals surface area contributed by atoms with Gasteiger partial charge < -0.3 is 10.6 Å². The molecule has 3 atom stereocenters. The molecule has 1 aliphatic carbocycles. The van der Waals surface area contributed by atoms with Crippen LogP contribution < -0.4 is 10.6 Å². The van der Waals surface area contributed by atoms with Gasteiger partial charge in [-0.05, 0) is 62.8 Å². The van der Waals surface area contributed by atoms with E-state index in [1.807, 2.05) is 18.2 Å². The Hall–Kier alpha value is -1.53. The van der Waals surface area contributed by atoms with Crippen LogP contribution in [0.4, 0.5) is 5.69 Å². The van der Waals surface area contributed by atoms with Crippen LogP contribution in [0.5, 0.6) is 0 Å². The van der Waals surface area contributed by atoms with Crippen molar-refractivity contribution < 1.29 is 0 Å². The molecule has 3 unspecified atom stereocenters. The Labute approximate surface area is 127 Å². The Kier molecular flexibility index (Phi) is 4.45. The summed E-state index contributed by atoms with van der Waals surface area (Å²) in [5.41, 5.74) is 3.12. The molecular weight excluding hydrogens is 258 g/mol. The standard InChI is InChI=1S/C18H25N3/c1-13-8-9-14(12-19)11-18(13)21-17-6-3-2-5-15(17)16-7-4-10-20-16/h8-9,11,15-17,20-21H,2-7,10H2,1H3. The molecule has 0 spiro atoms. The Morgan fingerprint density at radius 1 is 1.19 bits per heavy atom. The Balaban J connectivity index is 1.76. The average Bonchev–Trinajstić information content (AvgIpc) is 3.04. The van der Waals surface area contributed by atoms with Gasteiger partial charge in [0.2, 0.25) is 0 Å². The van der Waals surface area contributed by atoms with Crippen LogP contribution >= 0.6 is 0 Å². The van der Waals surface area contributed by atoms with Crippen LogP contribution in [0.3, 0.4) is 0 Å². The fourth-order valence-electron chi connectivity index (χ4n) is 3.94. The highest BCUT2D eigenvalue weighted by Crippen LogP contribution is 2.33. The Morgan fingerprint density at radius 3 is 2.81 bits per heavy atom. The van der Waals surface area contributed by atoms with Crippen molar-refractivity contribution in [1.29, 1.82) is 5.26 Å². The monoisotopic (exact) mass is 283 g/mol. The smallest absolute Gasteiger partial charge is 0.0992 e. The molecule has 1 aromatic rings. The number of hydrogen-bond acceptors (Lipinski definition) is 3. The fraction of sp³-hybridized carbons (Fsp3) is 0.611. The van der Waals surface area contributed by atoms with Gasteiger partial charge in [-0.25, -0.2) is 0 Å². The molecule has 112 valence electrons. The van der Waals surface area contributed by atoms with E-state index in [4.69, 9.17) is 5.26 Å². The number of nitriles is 1. The zero-order valence-electron chi connectivity index (χ0n) is 12.9. The molecule has 2 aliphatic rings. The van der Waals surface area contributed by atoms with Gasteiger partial charge >= 0.3 is 0 Å². The predicted molar refractivity (Wildman–Crippen MR) is 86.3 cm³/mol. The maximum Gasteiger partial charge on any atom is 0.0992 e. The number of benzene rings is 1. The fourth-order valence-corrected chi connectivity index (χ4v) is 3.94. The molecule has 0 amide bonds. The van der Waals surface area contributed by atoms with Crippen molar-refractivity contribution in [3.8, 4) is 6.07 Å². The third-order valence-corrected chi connectivity index (χ3v) is 5.14. The molecule has 1 saturated carbocycles. The number of anilines is 1. The molecule has 21 heavy (non-hydrogen) atoms. The maximum atomic E-state index is 9.10. The lowest BCUT2D eigenvalue weighted by molar-refractivity contribution is 0.262.